The number of ether oxygens (including phenoxy) is 1. The third-order valence-electron chi connectivity index (χ3n) is 2.06. The van der Waals surface area contributed by atoms with Crippen LogP contribution in [0.3, 0.4) is 0 Å². The lowest BCUT2D eigenvalue weighted by molar-refractivity contribution is -0.140. The van der Waals surface area contributed by atoms with E-state index in [1.54, 1.807) is 0 Å². The fourth-order valence-electron chi connectivity index (χ4n) is 1.11. The number of carbonyl (C=O) groups is 1. The largest absolute Gasteiger partial charge is 0.469 e. The zero-order valence-corrected chi connectivity index (χ0v) is 10.4. The van der Waals surface area contributed by atoms with Crippen LogP contribution in [-0.4, -0.2) is 19.6 Å². The summed E-state index contributed by atoms with van der Waals surface area (Å²) in [5.41, 5.74) is 2.19. The van der Waals surface area contributed by atoms with Gasteiger partial charge in [-0.1, -0.05) is 22.0 Å². The van der Waals surface area contributed by atoms with E-state index in [1.165, 1.54) is 12.7 Å². The van der Waals surface area contributed by atoms with Gasteiger partial charge in [-0.25, -0.2) is 0 Å². The number of nitrogens with one attached hydrogen (secondary N) is 1. The third kappa shape index (κ3) is 3.91. The number of benzene rings is 1. The SMILES string of the molecule is COC(=O)CCNc1ccc(C)c(Br)c1. The molecule has 0 aromatic heterocycles. The second-order valence-electron chi connectivity index (χ2n) is 3.22. The summed E-state index contributed by atoms with van der Waals surface area (Å²) in [7, 11) is 1.39. The highest BCUT2D eigenvalue weighted by molar-refractivity contribution is 9.10. The molecule has 0 amide bonds. The quantitative estimate of drug-likeness (QED) is 0.856. The van der Waals surface area contributed by atoms with Crippen LogP contribution in [0.1, 0.15) is 12.0 Å². The van der Waals surface area contributed by atoms with Gasteiger partial charge in [0.1, 0.15) is 0 Å². The first-order valence-electron chi connectivity index (χ1n) is 4.70. The molecule has 0 spiro atoms. The van der Waals surface area contributed by atoms with Crippen molar-refractivity contribution >= 4 is 27.6 Å². The molecule has 4 heteroatoms. The lowest BCUT2D eigenvalue weighted by Crippen LogP contribution is -2.09. The van der Waals surface area contributed by atoms with Crippen molar-refractivity contribution < 1.29 is 9.53 Å². The molecule has 15 heavy (non-hydrogen) atoms. The number of hydrogen-bond donors (Lipinski definition) is 1. The Labute approximate surface area is 97.9 Å². The number of halogens is 1. The molecule has 0 bridgehead atoms. The Morgan fingerprint density at radius 1 is 1.53 bits per heavy atom. The summed E-state index contributed by atoms with van der Waals surface area (Å²) in [6.45, 7) is 2.62. The molecule has 0 saturated carbocycles. The van der Waals surface area contributed by atoms with Gasteiger partial charge in [0, 0.05) is 16.7 Å². The molecular weight excluding hydrogens is 258 g/mol. The Morgan fingerprint density at radius 3 is 2.87 bits per heavy atom. The average Bonchev–Trinajstić information content (AvgIpc) is 2.23. The van der Waals surface area contributed by atoms with Gasteiger partial charge < -0.3 is 10.1 Å². The van der Waals surface area contributed by atoms with Crippen molar-refractivity contribution in [2.45, 2.75) is 13.3 Å². The van der Waals surface area contributed by atoms with Crippen molar-refractivity contribution in [1.29, 1.82) is 0 Å². The van der Waals surface area contributed by atoms with Gasteiger partial charge >= 0.3 is 5.97 Å². The number of hydrogen-bond acceptors (Lipinski definition) is 3. The molecule has 0 heterocycles. The molecule has 0 atom stereocenters. The first-order valence-corrected chi connectivity index (χ1v) is 5.49. The summed E-state index contributed by atoms with van der Waals surface area (Å²) in [6, 6.07) is 5.99. The van der Waals surface area contributed by atoms with Crippen LogP contribution in [-0.2, 0) is 9.53 Å². The first-order chi connectivity index (χ1) is 7.13. The molecule has 0 unspecified atom stereocenters. The van der Waals surface area contributed by atoms with E-state index >= 15 is 0 Å². The van der Waals surface area contributed by atoms with E-state index in [0.29, 0.717) is 13.0 Å². The van der Waals surface area contributed by atoms with Gasteiger partial charge in [-0.3, -0.25) is 4.79 Å². The monoisotopic (exact) mass is 271 g/mol. The molecule has 0 aliphatic heterocycles. The number of carbonyl (C=O) groups excluding carboxylic acids is 1. The molecule has 1 N–H and O–H groups in total. The van der Waals surface area contributed by atoms with E-state index in [2.05, 4.69) is 26.0 Å². The summed E-state index contributed by atoms with van der Waals surface area (Å²) in [5.74, 6) is -0.200. The minimum absolute atomic E-state index is 0.200. The highest BCUT2D eigenvalue weighted by atomic mass is 79.9. The maximum atomic E-state index is 10.9. The maximum Gasteiger partial charge on any atom is 0.307 e. The van der Waals surface area contributed by atoms with Crippen LogP contribution < -0.4 is 5.32 Å². The topological polar surface area (TPSA) is 38.3 Å². The normalized spacial score (nSPS) is 9.80. The van der Waals surface area contributed by atoms with Gasteiger partial charge in [0.15, 0.2) is 0 Å². The van der Waals surface area contributed by atoms with E-state index < -0.39 is 0 Å². The molecule has 1 aromatic carbocycles. The van der Waals surface area contributed by atoms with E-state index in [4.69, 9.17) is 0 Å². The predicted octanol–water partition coefficient (Wildman–Crippen LogP) is 2.73. The van der Waals surface area contributed by atoms with Crippen LogP contribution in [0.25, 0.3) is 0 Å². The molecular formula is C11H14BrNO2. The molecule has 1 aromatic rings. The van der Waals surface area contributed by atoms with Gasteiger partial charge in [-0.05, 0) is 24.6 Å². The Morgan fingerprint density at radius 2 is 2.27 bits per heavy atom. The van der Waals surface area contributed by atoms with Crippen molar-refractivity contribution in [2.75, 3.05) is 19.0 Å². The Bertz CT molecular complexity index is 352. The average molecular weight is 272 g/mol. The number of esters is 1. The zero-order valence-electron chi connectivity index (χ0n) is 8.84. The Balaban J connectivity index is 2.44. The minimum Gasteiger partial charge on any atom is -0.469 e. The van der Waals surface area contributed by atoms with Crippen molar-refractivity contribution in [3.05, 3.63) is 28.2 Å². The molecule has 3 nitrogen and oxygen atoms in total. The van der Waals surface area contributed by atoms with Crippen molar-refractivity contribution in [3.8, 4) is 0 Å². The number of anilines is 1. The summed E-state index contributed by atoms with van der Waals surface area (Å²) in [5, 5.41) is 3.15. The molecule has 0 fully saturated rings. The summed E-state index contributed by atoms with van der Waals surface area (Å²) in [6.07, 6.45) is 0.377. The maximum absolute atomic E-state index is 10.9. The zero-order chi connectivity index (χ0) is 11.3. The molecule has 0 radical (unpaired) electrons. The molecule has 82 valence electrons. The molecule has 1 rings (SSSR count). The van der Waals surface area contributed by atoms with Crippen LogP contribution in [0.15, 0.2) is 22.7 Å². The molecule has 0 saturated heterocycles. The molecule has 0 aliphatic carbocycles. The van der Waals surface area contributed by atoms with E-state index in [0.717, 1.165) is 10.2 Å². The van der Waals surface area contributed by atoms with E-state index in [-0.39, 0.29) is 5.97 Å². The van der Waals surface area contributed by atoms with Gasteiger partial charge in [-0.15, -0.1) is 0 Å². The van der Waals surface area contributed by atoms with Gasteiger partial charge in [0.25, 0.3) is 0 Å². The van der Waals surface area contributed by atoms with Crippen LogP contribution in [0.2, 0.25) is 0 Å². The number of methoxy groups -OCH3 is 1. The lowest BCUT2D eigenvalue weighted by Gasteiger charge is -2.07. The smallest absolute Gasteiger partial charge is 0.307 e. The van der Waals surface area contributed by atoms with Crippen LogP contribution in [0.5, 0.6) is 0 Å². The highest BCUT2D eigenvalue weighted by Gasteiger charge is 2.00. The van der Waals surface area contributed by atoms with Crippen molar-refractivity contribution in [2.24, 2.45) is 0 Å². The van der Waals surface area contributed by atoms with Crippen molar-refractivity contribution in [3.63, 3.8) is 0 Å². The van der Waals surface area contributed by atoms with Crippen molar-refractivity contribution in [1.82, 2.24) is 0 Å². The predicted molar refractivity (Wildman–Crippen MR) is 64.0 cm³/mol. The fraction of sp³-hybridized carbons (Fsp3) is 0.364. The van der Waals surface area contributed by atoms with E-state index in [1.807, 2.05) is 25.1 Å². The number of aryl methyl sites for hydroxylation is 1. The minimum atomic E-state index is -0.200. The van der Waals surface area contributed by atoms with Crippen LogP contribution in [0, 0.1) is 6.92 Å². The lowest BCUT2D eigenvalue weighted by atomic mass is 10.2. The van der Waals surface area contributed by atoms with Gasteiger partial charge in [0.2, 0.25) is 0 Å². The fourth-order valence-corrected chi connectivity index (χ4v) is 1.49. The Kier molecular flexibility index (Phi) is 4.62. The van der Waals surface area contributed by atoms with Gasteiger partial charge in [0.05, 0.1) is 13.5 Å². The first kappa shape index (κ1) is 12.0. The van der Waals surface area contributed by atoms with Crippen LogP contribution in [0.4, 0.5) is 5.69 Å². The summed E-state index contributed by atoms with van der Waals surface area (Å²) >= 11 is 3.45. The third-order valence-corrected chi connectivity index (χ3v) is 2.91. The second kappa shape index (κ2) is 5.75. The number of rotatable bonds is 4. The van der Waals surface area contributed by atoms with E-state index in [9.17, 15) is 4.79 Å². The van der Waals surface area contributed by atoms with Crippen LogP contribution >= 0.6 is 15.9 Å². The Hall–Kier alpha value is -1.03. The highest BCUT2D eigenvalue weighted by Crippen LogP contribution is 2.20. The summed E-state index contributed by atoms with van der Waals surface area (Å²) in [4.78, 5) is 10.9. The standard InChI is InChI=1S/C11H14BrNO2/c1-8-3-4-9(7-10(8)12)13-6-5-11(14)15-2/h3-4,7,13H,5-6H2,1-2H3. The molecule has 0 aliphatic rings. The summed E-state index contributed by atoms with van der Waals surface area (Å²) < 4.78 is 5.60. The second-order valence-corrected chi connectivity index (χ2v) is 4.07. The van der Waals surface area contributed by atoms with Gasteiger partial charge in [-0.2, -0.15) is 0 Å².